The van der Waals surface area contributed by atoms with Crippen LogP contribution in [0.25, 0.3) is 33.5 Å². The average molecular weight is 524 g/mol. The lowest BCUT2D eigenvalue weighted by molar-refractivity contribution is 0.0697. The zero-order valence-corrected chi connectivity index (χ0v) is 21.5. The van der Waals surface area contributed by atoms with Gasteiger partial charge in [0.05, 0.1) is 22.6 Å². The van der Waals surface area contributed by atoms with Crippen LogP contribution in [0.3, 0.4) is 0 Å². The van der Waals surface area contributed by atoms with Gasteiger partial charge in [0, 0.05) is 16.1 Å². The van der Waals surface area contributed by atoms with Crippen molar-refractivity contribution >= 4 is 34.5 Å². The summed E-state index contributed by atoms with van der Waals surface area (Å²) in [4.78, 5) is 33.6. The number of carbonyl (C=O) groups excluding carboxylic acids is 1. The molecule has 1 aromatic heterocycles. The van der Waals surface area contributed by atoms with Crippen LogP contribution < -0.4 is 5.32 Å². The first kappa shape index (κ1) is 25.2. The van der Waals surface area contributed by atoms with Crippen molar-refractivity contribution in [1.82, 2.24) is 15.3 Å². The molecule has 0 saturated carbocycles. The highest BCUT2D eigenvalue weighted by Gasteiger charge is 2.21. The number of para-hydroxylation sites is 2. The molecule has 3 N–H and O–H groups in total. The third-order valence-electron chi connectivity index (χ3n) is 6.51. The molecule has 6 nitrogen and oxygen atoms in total. The maximum absolute atomic E-state index is 13.2. The van der Waals surface area contributed by atoms with E-state index in [-0.39, 0.29) is 23.1 Å². The molecule has 1 heterocycles. The number of aromatic amines is 1. The van der Waals surface area contributed by atoms with Gasteiger partial charge in [-0.25, -0.2) is 9.78 Å². The molecule has 1 amide bonds. The molecule has 1 atom stereocenters. The summed E-state index contributed by atoms with van der Waals surface area (Å²) < 4.78 is 0. The molecular formula is C31H26ClN3O3. The Morgan fingerprint density at radius 1 is 0.921 bits per heavy atom. The molecule has 0 aliphatic heterocycles. The number of H-pyrrole nitrogens is 1. The van der Waals surface area contributed by atoms with E-state index in [1.165, 1.54) is 6.07 Å². The van der Waals surface area contributed by atoms with Gasteiger partial charge in [0.2, 0.25) is 0 Å². The second kappa shape index (κ2) is 10.9. The number of nitrogens with zero attached hydrogens (tertiary/aromatic N) is 1. The van der Waals surface area contributed by atoms with Crippen LogP contribution in [0, 0.1) is 0 Å². The number of hydrogen-bond donors (Lipinski definition) is 3. The Labute approximate surface area is 225 Å². The number of imidazole rings is 1. The van der Waals surface area contributed by atoms with Gasteiger partial charge in [-0.3, -0.25) is 4.79 Å². The third-order valence-corrected chi connectivity index (χ3v) is 6.75. The topological polar surface area (TPSA) is 95.1 Å². The van der Waals surface area contributed by atoms with E-state index in [0.717, 1.165) is 29.4 Å². The number of rotatable bonds is 8. The van der Waals surface area contributed by atoms with E-state index in [4.69, 9.17) is 11.6 Å². The number of aromatic nitrogens is 2. The molecule has 5 rings (SSSR count). The molecular weight excluding hydrogens is 498 g/mol. The van der Waals surface area contributed by atoms with Crippen molar-refractivity contribution in [3.63, 3.8) is 0 Å². The van der Waals surface area contributed by atoms with Gasteiger partial charge in [-0.1, -0.05) is 73.5 Å². The number of benzene rings is 4. The molecule has 5 aromatic rings. The number of amides is 1. The lowest BCUT2D eigenvalue weighted by Crippen LogP contribution is -2.28. The number of hydrogen-bond acceptors (Lipinski definition) is 3. The summed E-state index contributed by atoms with van der Waals surface area (Å²) in [5.41, 5.74) is 4.71. The zero-order chi connectivity index (χ0) is 26.6. The van der Waals surface area contributed by atoms with Crippen LogP contribution >= 0.6 is 11.6 Å². The van der Waals surface area contributed by atoms with E-state index < -0.39 is 5.97 Å². The van der Waals surface area contributed by atoms with Gasteiger partial charge in [-0.15, -0.1) is 0 Å². The summed E-state index contributed by atoms with van der Waals surface area (Å²) >= 11 is 6.35. The Kier molecular flexibility index (Phi) is 7.24. The Morgan fingerprint density at radius 3 is 2.39 bits per heavy atom. The predicted octanol–water partition coefficient (Wildman–Crippen LogP) is 7.52. The Hall–Kier alpha value is -4.42. The van der Waals surface area contributed by atoms with Gasteiger partial charge < -0.3 is 15.4 Å². The zero-order valence-electron chi connectivity index (χ0n) is 20.7. The van der Waals surface area contributed by atoms with Crippen molar-refractivity contribution in [2.75, 3.05) is 0 Å². The molecule has 7 heteroatoms. The number of carboxylic acids is 1. The number of aromatic carboxylic acids is 1. The summed E-state index contributed by atoms with van der Waals surface area (Å²) in [7, 11) is 0. The van der Waals surface area contributed by atoms with E-state index >= 15 is 0 Å². The van der Waals surface area contributed by atoms with Crippen molar-refractivity contribution in [1.29, 1.82) is 0 Å². The molecule has 4 aromatic carbocycles. The maximum Gasteiger partial charge on any atom is 0.336 e. The van der Waals surface area contributed by atoms with Crippen molar-refractivity contribution in [3.05, 3.63) is 113 Å². The third kappa shape index (κ3) is 5.17. The SMILES string of the molecule is CCC[C@H](NC(=O)c1ccc(-c2cc(Cl)ccc2-c2nc3ccccc3[nH]2)c(C(=O)O)c1)c1ccccc1. The first-order valence-corrected chi connectivity index (χ1v) is 12.8. The van der Waals surface area contributed by atoms with Crippen LogP contribution in [0.2, 0.25) is 5.02 Å². The standard InChI is InChI=1S/C31H26ClN3O3/c1-2-8-26(19-9-4-3-5-10-19)35-30(36)20-13-15-22(25(17-20)31(37)38)24-18-21(32)14-16-23(24)29-33-27-11-6-7-12-28(27)34-29/h3-7,9-18,26H,2,8H2,1H3,(H,33,34)(H,35,36)(H,37,38)/t26-/m0/s1. The van der Waals surface area contributed by atoms with Gasteiger partial charge >= 0.3 is 5.97 Å². The molecule has 0 aliphatic carbocycles. The number of fused-ring (bicyclic) bond motifs is 1. The van der Waals surface area contributed by atoms with Crippen LogP contribution in [0.15, 0.2) is 91.0 Å². The molecule has 0 spiro atoms. The maximum atomic E-state index is 13.2. The second-order valence-electron chi connectivity index (χ2n) is 9.08. The Morgan fingerprint density at radius 2 is 1.66 bits per heavy atom. The largest absolute Gasteiger partial charge is 0.478 e. The molecule has 0 fully saturated rings. The monoisotopic (exact) mass is 523 g/mol. The predicted molar refractivity (Wildman–Crippen MR) is 150 cm³/mol. The van der Waals surface area contributed by atoms with Crippen molar-refractivity contribution in [3.8, 4) is 22.5 Å². The van der Waals surface area contributed by atoms with Gasteiger partial charge in [0.1, 0.15) is 5.82 Å². The lowest BCUT2D eigenvalue weighted by atomic mass is 9.93. The van der Waals surface area contributed by atoms with E-state index in [1.807, 2.05) is 60.7 Å². The van der Waals surface area contributed by atoms with Crippen LogP contribution in [-0.4, -0.2) is 27.0 Å². The minimum Gasteiger partial charge on any atom is -0.478 e. The van der Waals surface area contributed by atoms with Crippen molar-refractivity contribution in [2.45, 2.75) is 25.8 Å². The quantitative estimate of drug-likeness (QED) is 0.196. The van der Waals surface area contributed by atoms with Crippen molar-refractivity contribution in [2.24, 2.45) is 0 Å². The van der Waals surface area contributed by atoms with E-state index in [2.05, 4.69) is 22.2 Å². The summed E-state index contributed by atoms with van der Waals surface area (Å²) in [6.45, 7) is 2.06. The highest BCUT2D eigenvalue weighted by atomic mass is 35.5. The summed E-state index contributed by atoms with van der Waals surface area (Å²) in [6, 6.07) is 27.3. The van der Waals surface area contributed by atoms with Gasteiger partial charge in [-0.05, 0) is 65.6 Å². The first-order valence-electron chi connectivity index (χ1n) is 12.4. The fourth-order valence-electron chi connectivity index (χ4n) is 4.66. The smallest absolute Gasteiger partial charge is 0.336 e. The minimum atomic E-state index is -1.14. The normalized spacial score (nSPS) is 11.8. The van der Waals surface area contributed by atoms with Gasteiger partial charge in [0.25, 0.3) is 5.91 Å². The number of carbonyl (C=O) groups is 2. The number of nitrogens with one attached hydrogen (secondary N) is 2. The fraction of sp³-hybridized carbons (Fsp3) is 0.129. The molecule has 190 valence electrons. The fourth-order valence-corrected chi connectivity index (χ4v) is 4.83. The number of halogens is 1. The Bertz CT molecular complexity index is 1600. The highest BCUT2D eigenvalue weighted by Crippen LogP contribution is 2.36. The first-order chi connectivity index (χ1) is 18.4. The van der Waals surface area contributed by atoms with E-state index in [9.17, 15) is 14.7 Å². The molecule has 0 unspecified atom stereocenters. The summed E-state index contributed by atoms with van der Waals surface area (Å²) in [6.07, 6.45) is 1.65. The average Bonchev–Trinajstić information content (AvgIpc) is 3.37. The van der Waals surface area contributed by atoms with Crippen LogP contribution in [0.1, 0.15) is 52.1 Å². The molecule has 0 saturated heterocycles. The molecule has 0 bridgehead atoms. The Balaban J connectivity index is 1.54. The van der Waals surface area contributed by atoms with Gasteiger partial charge in [-0.2, -0.15) is 0 Å². The minimum absolute atomic E-state index is 0.00373. The highest BCUT2D eigenvalue weighted by molar-refractivity contribution is 6.31. The van der Waals surface area contributed by atoms with Crippen LogP contribution in [-0.2, 0) is 0 Å². The summed E-state index contributed by atoms with van der Waals surface area (Å²) in [5, 5.41) is 13.7. The van der Waals surface area contributed by atoms with E-state index in [0.29, 0.717) is 27.5 Å². The van der Waals surface area contributed by atoms with E-state index in [1.54, 1.807) is 24.3 Å². The van der Waals surface area contributed by atoms with Crippen LogP contribution in [0.4, 0.5) is 0 Å². The van der Waals surface area contributed by atoms with Crippen LogP contribution in [0.5, 0.6) is 0 Å². The molecule has 38 heavy (non-hydrogen) atoms. The number of carboxylic acid groups (broad SMARTS) is 1. The lowest BCUT2D eigenvalue weighted by Gasteiger charge is -2.19. The molecule has 0 radical (unpaired) electrons. The second-order valence-corrected chi connectivity index (χ2v) is 9.52. The summed E-state index contributed by atoms with van der Waals surface area (Å²) in [5.74, 6) is -0.871. The van der Waals surface area contributed by atoms with Gasteiger partial charge in [0.15, 0.2) is 0 Å². The molecule has 0 aliphatic rings. The van der Waals surface area contributed by atoms with Crippen molar-refractivity contribution < 1.29 is 14.7 Å².